The molecule has 1 aliphatic heterocycles. The van der Waals surface area contributed by atoms with Crippen molar-refractivity contribution >= 4 is 28.3 Å². The largest absolute Gasteiger partial charge is 0.573 e. The first-order chi connectivity index (χ1) is 20.0. The van der Waals surface area contributed by atoms with Crippen molar-refractivity contribution in [2.24, 2.45) is 16.8 Å². The van der Waals surface area contributed by atoms with Gasteiger partial charge in [0.2, 0.25) is 0 Å². The number of aliphatic hydroxyl groups is 2. The second-order valence-electron chi connectivity index (χ2n) is 12.3. The summed E-state index contributed by atoms with van der Waals surface area (Å²) in [4.78, 5) is 15.4. The maximum atomic E-state index is 12.6. The molecule has 42 heavy (non-hydrogen) atoms. The van der Waals surface area contributed by atoms with Crippen molar-refractivity contribution in [1.29, 1.82) is 0 Å². The average molecular weight is 587 g/mol. The van der Waals surface area contributed by atoms with E-state index < -0.39 is 18.6 Å². The van der Waals surface area contributed by atoms with E-state index in [4.69, 9.17) is 5.73 Å². The van der Waals surface area contributed by atoms with Gasteiger partial charge in [-0.3, -0.25) is 9.89 Å². The fourth-order valence-electron chi connectivity index (χ4n) is 7.01. The Morgan fingerprint density at radius 1 is 1.12 bits per heavy atom. The van der Waals surface area contributed by atoms with Crippen LogP contribution in [0.2, 0.25) is 0 Å². The molecule has 1 aromatic carbocycles. The van der Waals surface area contributed by atoms with Crippen molar-refractivity contribution in [3.05, 3.63) is 42.4 Å². The zero-order valence-electron chi connectivity index (χ0n) is 23.7. The van der Waals surface area contributed by atoms with Gasteiger partial charge in [0.1, 0.15) is 29.6 Å². The molecule has 2 aromatic heterocycles. The van der Waals surface area contributed by atoms with E-state index in [1.54, 1.807) is 6.07 Å². The summed E-state index contributed by atoms with van der Waals surface area (Å²) in [5, 5.41) is 22.8. The Hall–Kier alpha value is -3.22. The van der Waals surface area contributed by atoms with Gasteiger partial charge < -0.3 is 25.3 Å². The normalized spacial score (nSPS) is 27.5. The van der Waals surface area contributed by atoms with Crippen molar-refractivity contribution in [2.45, 2.75) is 89.1 Å². The highest BCUT2D eigenvalue weighted by molar-refractivity contribution is 5.94. The molecule has 0 spiro atoms. The van der Waals surface area contributed by atoms with Crippen LogP contribution < -0.4 is 10.5 Å². The predicted octanol–water partition coefficient (Wildman–Crippen LogP) is 4.79. The van der Waals surface area contributed by atoms with E-state index >= 15 is 0 Å². The Kier molecular flexibility index (Phi) is 7.65. The lowest BCUT2D eigenvalue weighted by Crippen LogP contribution is -2.51. The van der Waals surface area contributed by atoms with Crippen LogP contribution in [0.5, 0.6) is 5.75 Å². The van der Waals surface area contributed by atoms with E-state index in [0.717, 1.165) is 42.3 Å². The number of ether oxygens (including phenoxy) is 1. The smallest absolute Gasteiger partial charge is 0.406 e. The fraction of sp³-hybridized carbons (Fsp3) is 0.567. The van der Waals surface area contributed by atoms with Gasteiger partial charge in [0.25, 0.3) is 0 Å². The van der Waals surface area contributed by atoms with Gasteiger partial charge in [0.05, 0.1) is 23.2 Å². The minimum Gasteiger partial charge on any atom is -0.406 e. The number of aromatic nitrogens is 3. The zero-order valence-corrected chi connectivity index (χ0v) is 23.7. The molecule has 0 bridgehead atoms. The van der Waals surface area contributed by atoms with Gasteiger partial charge in [-0.2, -0.15) is 0 Å². The molecule has 0 radical (unpaired) electrons. The van der Waals surface area contributed by atoms with E-state index in [1.807, 2.05) is 16.8 Å². The highest BCUT2D eigenvalue weighted by Gasteiger charge is 2.45. The standard InChI is InChI=1S/C30H37F3N6O3/c1-16(2)39(14-19-12-25(27(41)26(19)40)38-8-7-23-28(34)35-15-36-29(23)38)21-9-17(10-21)3-5-20-11-18-4-6-22(13-24(18)37-20)42-30(31,32)33/h4,6-8,13,15-17,19,21,25-27,40-41H,3,5,9-12,14H2,1-2H3,(H2,34,35,36)/t17?,19-,21?,25-,26-,27+/m1/s1. The molecular weight excluding hydrogens is 549 g/mol. The summed E-state index contributed by atoms with van der Waals surface area (Å²) in [6.45, 7) is 5.04. The van der Waals surface area contributed by atoms with Crippen LogP contribution in [0.4, 0.5) is 24.7 Å². The van der Waals surface area contributed by atoms with Gasteiger partial charge in [0.15, 0.2) is 0 Å². The van der Waals surface area contributed by atoms with Gasteiger partial charge in [-0.25, -0.2) is 9.97 Å². The molecule has 2 aliphatic carbocycles. The first kappa shape index (κ1) is 28.9. The van der Waals surface area contributed by atoms with Crippen molar-refractivity contribution < 1.29 is 28.1 Å². The van der Waals surface area contributed by atoms with Crippen LogP contribution in [0.3, 0.4) is 0 Å². The summed E-state index contributed by atoms with van der Waals surface area (Å²) in [6.07, 6.45) is 2.01. The molecule has 3 aliphatic rings. The highest BCUT2D eigenvalue weighted by atomic mass is 19.4. The van der Waals surface area contributed by atoms with Crippen LogP contribution in [0.25, 0.3) is 11.0 Å². The van der Waals surface area contributed by atoms with Crippen LogP contribution in [-0.2, 0) is 6.42 Å². The second kappa shape index (κ2) is 11.1. The highest BCUT2D eigenvalue weighted by Crippen LogP contribution is 2.42. The number of benzene rings is 1. The lowest BCUT2D eigenvalue weighted by atomic mass is 9.75. The maximum absolute atomic E-state index is 12.6. The van der Waals surface area contributed by atoms with Crippen LogP contribution in [0.1, 0.15) is 57.6 Å². The molecule has 12 heteroatoms. The molecule has 0 amide bonds. The summed E-state index contributed by atoms with van der Waals surface area (Å²) < 4.78 is 43.6. The third-order valence-corrected chi connectivity index (χ3v) is 9.26. The molecule has 6 rings (SSSR count). The second-order valence-corrected chi connectivity index (χ2v) is 12.3. The Labute approximate surface area is 242 Å². The molecule has 2 saturated carbocycles. The Morgan fingerprint density at radius 2 is 1.90 bits per heavy atom. The number of nitrogen functional groups attached to an aromatic ring is 1. The van der Waals surface area contributed by atoms with Crippen LogP contribution in [0, 0.1) is 11.8 Å². The number of halogens is 3. The molecular formula is C30H37F3N6O3. The van der Waals surface area contributed by atoms with Crippen molar-refractivity contribution in [3.63, 3.8) is 0 Å². The molecule has 2 fully saturated rings. The number of alkyl halides is 3. The summed E-state index contributed by atoms with van der Waals surface area (Å²) in [5.74, 6) is 0.618. The van der Waals surface area contributed by atoms with Crippen molar-refractivity contribution in [1.82, 2.24) is 19.4 Å². The van der Waals surface area contributed by atoms with E-state index in [0.29, 0.717) is 54.5 Å². The Bertz CT molecular complexity index is 1470. The van der Waals surface area contributed by atoms with Crippen molar-refractivity contribution in [3.8, 4) is 5.75 Å². The predicted molar refractivity (Wildman–Crippen MR) is 153 cm³/mol. The van der Waals surface area contributed by atoms with Crippen LogP contribution >= 0.6 is 0 Å². The molecule has 3 heterocycles. The number of nitrogens with two attached hydrogens (primary N) is 1. The molecule has 9 nitrogen and oxygen atoms in total. The monoisotopic (exact) mass is 586 g/mol. The number of nitrogens with zero attached hydrogens (tertiary/aromatic N) is 5. The number of fused-ring (bicyclic) bond motifs is 2. The summed E-state index contributed by atoms with van der Waals surface area (Å²) in [7, 11) is 0. The third kappa shape index (κ3) is 5.71. The Balaban J connectivity index is 1.03. The van der Waals surface area contributed by atoms with Crippen molar-refractivity contribution in [2.75, 3.05) is 12.3 Å². The number of aliphatic hydroxyl groups excluding tert-OH is 2. The topological polar surface area (TPSA) is 122 Å². The first-order valence-electron chi connectivity index (χ1n) is 14.6. The SMILES string of the molecule is CC(C)N(C[C@H]1C[C@@H](n2ccc3c(N)ncnc32)[C@H](O)[C@@H]1O)C1CC(CCC2=Nc3cc(OC(F)(F)F)ccc3C2)C1. The zero-order chi connectivity index (χ0) is 29.8. The van der Waals surface area contributed by atoms with Crippen LogP contribution in [0.15, 0.2) is 41.8 Å². The van der Waals surface area contributed by atoms with E-state index in [2.05, 4.69) is 38.4 Å². The summed E-state index contributed by atoms with van der Waals surface area (Å²) >= 11 is 0. The van der Waals surface area contributed by atoms with E-state index in [1.165, 1.54) is 18.5 Å². The minimum atomic E-state index is -4.72. The summed E-state index contributed by atoms with van der Waals surface area (Å²) in [6, 6.07) is 6.61. The molecule has 226 valence electrons. The minimum absolute atomic E-state index is 0.0827. The number of hydrogen-bond acceptors (Lipinski definition) is 8. The van der Waals surface area contributed by atoms with Crippen LogP contribution in [-0.4, -0.2) is 72.6 Å². The molecule has 3 aromatic rings. The van der Waals surface area contributed by atoms with Gasteiger partial charge in [-0.05, 0) is 69.6 Å². The summed E-state index contributed by atoms with van der Waals surface area (Å²) in [5.41, 5.74) is 9.14. The molecule has 4 N–H and O–H groups in total. The lowest BCUT2D eigenvalue weighted by Gasteiger charge is -2.46. The maximum Gasteiger partial charge on any atom is 0.573 e. The molecule has 4 atom stereocenters. The van der Waals surface area contributed by atoms with E-state index in [9.17, 15) is 23.4 Å². The van der Waals surface area contributed by atoms with Gasteiger partial charge >= 0.3 is 6.36 Å². The van der Waals surface area contributed by atoms with Gasteiger partial charge in [0, 0.05) is 48.9 Å². The fourth-order valence-corrected chi connectivity index (χ4v) is 7.01. The molecule has 0 unspecified atom stereocenters. The lowest BCUT2D eigenvalue weighted by molar-refractivity contribution is -0.274. The number of anilines is 1. The third-order valence-electron chi connectivity index (χ3n) is 9.26. The number of hydrogen-bond donors (Lipinski definition) is 3. The van der Waals surface area contributed by atoms with E-state index in [-0.39, 0.29) is 17.7 Å². The molecule has 0 saturated heterocycles. The van der Waals surface area contributed by atoms with Gasteiger partial charge in [-0.15, -0.1) is 13.2 Å². The quantitative estimate of drug-likeness (QED) is 0.330. The van der Waals surface area contributed by atoms with Gasteiger partial charge in [-0.1, -0.05) is 6.07 Å². The number of aliphatic imine (C=N–C) groups is 1. The number of rotatable bonds is 9. The Morgan fingerprint density at radius 3 is 2.64 bits per heavy atom. The first-order valence-corrected chi connectivity index (χ1v) is 14.6. The average Bonchev–Trinajstić information content (AvgIpc) is 3.58.